The van der Waals surface area contributed by atoms with Gasteiger partial charge in [-0.2, -0.15) is 5.01 Å². The lowest BCUT2D eigenvalue weighted by Crippen LogP contribution is -2.44. The van der Waals surface area contributed by atoms with E-state index in [0.717, 1.165) is 33.5 Å². The molecule has 0 spiro atoms. The maximum atomic E-state index is 13.0. The Morgan fingerprint density at radius 1 is 1.08 bits per heavy atom. The summed E-state index contributed by atoms with van der Waals surface area (Å²) >= 11 is 12.3. The number of hydrazine groups is 1. The van der Waals surface area contributed by atoms with Crippen molar-refractivity contribution in [3.63, 3.8) is 0 Å². The van der Waals surface area contributed by atoms with Crippen molar-refractivity contribution in [3.05, 3.63) is 98.9 Å². The number of thioether (sulfide) groups is 1. The molecular formula is C27H23ClN2O4S2. The predicted octanol–water partition coefficient (Wildman–Crippen LogP) is 6.17. The molecule has 3 aromatic rings. The molecule has 0 atom stereocenters. The van der Waals surface area contributed by atoms with Crippen LogP contribution in [0.15, 0.2) is 71.6 Å². The number of carbonyl (C=O) groups excluding carboxylic acids is 2. The van der Waals surface area contributed by atoms with Crippen LogP contribution in [-0.2, 0) is 11.4 Å². The zero-order valence-corrected chi connectivity index (χ0v) is 22.0. The van der Waals surface area contributed by atoms with Crippen molar-refractivity contribution in [1.29, 1.82) is 0 Å². The lowest BCUT2D eigenvalue weighted by atomic mass is 10.1. The van der Waals surface area contributed by atoms with Crippen molar-refractivity contribution in [2.45, 2.75) is 20.5 Å². The molecule has 3 aromatic carbocycles. The number of aryl methyl sites for hydroxylation is 1. The van der Waals surface area contributed by atoms with Gasteiger partial charge >= 0.3 is 0 Å². The molecule has 0 radical (unpaired) electrons. The summed E-state index contributed by atoms with van der Waals surface area (Å²) < 4.78 is 12.1. The van der Waals surface area contributed by atoms with Crippen molar-refractivity contribution in [2.24, 2.45) is 0 Å². The van der Waals surface area contributed by atoms with E-state index in [4.69, 9.17) is 33.3 Å². The van der Waals surface area contributed by atoms with Crippen molar-refractivity contribution in [1.82, 2.24) is 10.4 Å². The molecule has 0 aromatic heterocycles. The minimum atomic E-state index is -0.460. The summed E-state index contributed by atoms with van der Waals surface area (Å²) in [6.45, 7) is 4.81. The van der Waals surface area contributed by atoms with Gasteiger partial charge in [-0.15, -0.1) is 0 Å². The molecule has 1 saturated heterocycles. The van der Waals surface area contributed by atoms with E-state index in [0.29, 0.717) is 40.2 Å². The third-order valence-corrected chi connectivity index (χ3v) is 6.88. The predicted molar refractivity (Wildman–Crippen MR) is 147 cm³/mol. The Morgan fingerprint density at radius 3 is 2.56 bits per heavy atom. The van der Waals surface area contributed by atoms with Gasteiger partial charge in [-0.05, 0) is 85.2 Å². The van der Waals surface area contributed by atoms with Crippen molar-refractivity contribution >= 4 is 57.8 Å². The number of carbonyl (C=O) groups is 2. The van der Waals surface area contributed by atoms with E-state index in [9.17, 15) is 9.59 Å². The molecule has 1 heterocycles. The van der Waals surface area contributed by atoms with Crippen LogP contribution in [-0.4, -0.2) is 27.8 Å². The van der Waals surface area contributed by atoms with Gasteiger partial charge in [0, 0.05) is 10.6 Å². The van der Waals surface area contributed by atoms with E-state index in [1.807, 2.05) is 56.3 Å². The van der Waals surface area contributed by atoms with Crippen LogP contribution in [0.5, 0.6) is 11.5 Å². The first-order chi connectivity index (χ1) is 17.4. The van der Waals surface area contributed by atoms with Gasteiger partial charge in [0.25, 0.3) is 11.8 Å². The highest BCUT2D eigenvalue weighted by Crippen LogP contribution is 2.34. The van der Waals surface area contributed by atoms with Gasteiger partial charge in [-0.1, -0.05) is 53.7 Å². The van der Waals surface area contributed by atoms with Crippen LogP contribution in [0.25, 0.3) is 6.08 Å². The minimum Gasteiger partial charge on any atom is -0.490 e. The summed E-state index contributed by atoms with van der Waals surface area (Å²) in [7, 11) is 0. The van der Waals surface area contributed by atoms with Crippen LogP contribution in [0.4, 0.5) is 0 Å². The molecular weight excluding hydrogens is 516 g/mol. The summed E-state index contributed by atoms with van der Waals surface area (Å²) in [6.07, 6.45) is 1.71. The van der Waals surface area contributed by atoms with Crippen LogP contribution in [0.2, 0.25) is 5.02 Å². The second kappa shape index (κ2) is 11.6. The zero-order chi connectivity index (χ0) is 25.7. The van der Waals surface area contributed by atoms with Crippen LogP contribution in [0, 0.1) is 6.92 Å². The van der Waals surface area contributed by atoms with Crippen LogP contribution >= 0.6 is 35.6 Å². The average Bonchev–Trinajstić information content (AvgIpc) is 3.12. The molecule has 36 heavy (non-hydrogen) atoms. The van der Waals surface area contributed by atoms with Crippen molar-refractivity contribution < 1.29 is 19.1 Å². The summed E-state index contributed by atoms with van der Waals surface area (Å²) in [5, 5.41) is 1.59. The molecule has 2 amide bonds. The van der Waals surface area contributed by atoms with E-state index in [-0.39, 0.29) is 4.32 Å². The molecule has 4 rings (SSSR count). The van der Waals surface area contributed by atoms with Gasteiger partial charge in [0.2, 0.25) is 0 Å². The number of halogens is 1. The van der Waals surface area contributed by atoms with Gasteiger partial charge in [0.15, 0.2) is 15.8 Å². The fourth-order valence-corrected chi connectivity index (χ4v) is 4.72. The molecule has 1 aliphatic rings. The number of ether oxygens (including phenoxy) is 2. The second-order valence-corrected chi connectivity index (χ2v) is 9.93. The quantitative estimate of drug-likeness (QED) is 0.273. The molecule has 6 nitrogen and oxygen atoms in total. The molecule has 0 saturated carbocycles. The number of benzene rings is 3. The van der Waals surface area contributed by atoms with E-state index in [1.165, 1.54) is 0 Å². The standard InChI is InChI=1S/C27H23ClN2O4S2/c1-3-33-23-14-18(8-13-22(23)34-16-20-7-5-4-6-17(20)2)15-24-26(32)30(27(35)36-24)29-25(31)19-9-11-21(28)12-10-19/h4-15H,3,16H2,1-2H3,(H,29,31)/b24-15-. The number of hydrogen-bond donors (Lipinski definition) is 1. The number of nitrogens with zero attached hydrogens (tertiary/aromatic N) is 1. The Labute approximate surface area is 224 Å². The first-order valence-electron chi connectivity index (χ1n) is 11.1. The monoisotopic (exact) mass is 538 g/mol. The highest BCUT2D eigenvalue weighted by molar-refractivity contribution is 8.26. The smallest absolute Gasteiger partial charge is 0.285 e. The van der Waals surface area contributed by atoms with Crippen LogP contribution in [0.1, 0.15) is 34.0 Å². The highest BCUT2D eigenvalue weighted by atomic mass is 35.5. The molecule has 1 N–H and O–H groups in total. The zero-order valence-electron chi connectivity index (χ0n) is 19.6. The number of nitrogens with one attached hydrogen (secondary N) is 1. The summed E-state index contributed by atoms with van der Waals surface area (Å²) in [6, 6.07) is 19.9. The lowest BCUT2D eigenvalue weighted by Gasteiger charge is -2.15. The third kappa shape index (κ3) is 6.07. The topological polar surface area (TPSA) is 67.9 Å². The first kappa shape index (κ1) is 25.8. The SMILES string of the molecule is CCOc1cc(/C=C2\SC(=S)N(NC(=O)c3ccc(Cl)cc3)C2=O)ccc1OCc1ccccc1C. The van der Waals surface area contributed by atoms with E-state index < -0.39 is 11.8 Å². The number of rotatable bonds is 8. The Hall–Kier alpha value is -3.33. The highest BCUT2D eigenvalue weighted by Gasteiger charge is 2.33. The van der Waals surface area contributed by atoms with Crippen molar-refractivity contribution in [2.75, 3.05) is 6.61 Å². The molecule has 0 bridgehead atoms. The fraction of sp³-hybridized carbons (Fsp3) is 0.148. The van der Waals surface area contributed by atoms with Gasteiger partial charge in [0.05, 0.1) is 11.5 Å². The number of thiocarbonyl (C=S) groups is 1. The number of amides is 2. The van der Waals surface area contributed by atoms with E-state index in [2.05, 4.69) is 5.43 Å². The Morgan fingerprint density at radius 2 is 1.83 bits per heavy atom. The molecule has 0 unspecified atom stereocenters. The van der Waals surface area contributed by atoms with E-state index in [1.54, 1.807) is 30.3 Å². The van der Waals surface area contributed by atoms with E-state index >= 15 is 0 Å². The molecule has 1 fully saturated rings. The Balaban J connectivity index is 1.49. The summed E-state index contributed by atoms with van der Waals surface area (Å²) in [5.74, 6) is 0.314. The second-order valence-electron chi connectivity index (χ2n) is 7.82. The van der Waals surface area contributed by atoms with Crippen LogP contribution < -0.4 is 14.9 Å². The molecule has 0 aliphatic carbocycles. The maximum Gasteiger partial charge on any atom is 0.285 e. The normalized spacial score (nSPS) is 14.3. The summed E-state index contributed by atoms with van der Waals surface area (Å²) in [4.78, 5) is 25.9. The third-order valence-electron chi connectivity index (χ3n) is 5.32. The lowest BCUT2D eigenvalue weighted by molar-refractivity contribution is -0.123. The maximum absolute atomic E-state index is 13.0. The van der Waals surface area contributed by atoms with Gasteiger partial charge in [0.1, 0.15) is 6.61 Å². The Kier molecular flexibility index (Phi) is 8.30. The fourth-order valence-electron chi connectivity index (χ4n) is 3.41. The summed E-state index contributed by atoms with van der Waals surface area (Å²) in [5.41, 5.74) is 5.91. The van der Waals surface area contributed by atoms with Gasteiger partial charge in [-0.3, -0.25) is 15.0 Å². The molecule has 9 heteroatoms. The van der Waals surface area contributed by atoms with Crippen molar-refractivity contribution in [3.8, 4) is 11.5 Å². The average molecular weight is 539 g/mol. The minimum absolute atomic E-state index is 0.233. The van der Waals surface area contributed by atoms with Gasteiger partial charge in [-0.25, -0.2) is 0 Å². The number of hydrogen-bond acceptors (Lipinski definition) is 6. The first-order valence-corrected chi connectivity index (χ1v) is 12.7. The Bertz CT molecular complexity index is 1340. The van der Waals surface area contributed by atoms with Crippen LogP contribution in [0.3, 0.4) is 0 Å². The molecule has 1 aliphatic heterocycles. The molecule has 184 valence electrons. The largest absolute Gasteiger partial charge is 0.490 e. The van der Waals surface area contributed by atoms with Gasteiger partial charge < -0.3 is 9.47 Å².